The van der Waals surface area contributed by atoms with E-state index in [1.165, 1.54) is 0 Å². The summed E-state index contributed by atoms with van der Waals surface area (Å²) in [7, 11) is 1.63. The molecule has 2 aromatic rings. The van der Waals surface area contributed by atoms with Gasteiger partial charge in [-0.2, -0.15) is 0 Å². The minimum absolute atomic E-state index is 0.0134. The summed E-state index contributed by atoms with van der Waals surface area (Å²) in [6, 6.07) is 15.2. The Morgan fingerprint density at radius 1 is 1.11 bits per heavy atom. The first-order chi connectivity index (χ1) is 9.19. The van der Waals surface area contributed by atoms with Crippen LogP contribution < -0.4 is 4.74 Å². The number of allylic oxidation sites excluding steroid dienone is 1. The van der Waals surface area contributed by atoms with Crippen molar-refractivity contribution < 1.29 is 9.53 Å². The molecule has 96 valence electrons. The van der Waals surface area contributed by atoms with E-state index in [4.69, 9.17) is 4.74 Å². The van der Waals surface area contributed by atoms with Crippen LogP contribution in [-0.4, -0.2) is 12.9 Å². The summed E-state index contributed by atoms with van der Waals surface area (Å²) >= 11 is 0. The molecule has 0 aliphatic carbocycles. The van der Waals surface area contributed by atoms with E-state index in [0.29, 0.717) is 5.56 Å². The topological polar surface area (TPSA) is 26.3 Å². The van der Waals surface area contributed by atoms with Crippen LogP contribution in [0.3, 0.4) is 0 Å². The number of ketones is 1. The molecule has 0 N–H and O–H groups in total. The molecule has 0 atom stereocenters. The molecule has 0 aliphatic rings. The Kier molecular flexibility index (Phi) is 4.14. The molecule has 0 spiro atoms. The number of ether oxygens (including phenoxy) is 1. The second-order valence-electron chi connectivity index (χ2n) is 4.34. The van der Waals surface area contributed by atoms with E-state index in [-0.39, 0.29) is 5.78 Å². The fourth-order valence-corrected chi connectivity index (χ4v) is 1.78. The third-order valence-corrected chi connectivity index (χ3v) is 2.85. The highest BCUT2D eigenvalue weighted by atomic mass is 16.5. The molecular weight excluding hydrogens is 236 g/mol. The van der Waals surface area contributed by atoms with Crippen molar-refractivity contribution >= 4 is 11.9 Å². The van der Waals surface area contributed by atoms with Crippen LogP contribution in [0.15, 0.2) is 54.6 Å². The number of carbonyl (C=O) groups is 1. The van der Waals surface area contributed by atoms with Crippen molar-refractivity contribution in [3.8, 4) is 5.75 Å². The number of rotatable bonds is 4. The van der Waals surface area contributed by atoms with E-state index < -0.39 is 0 Å². The highest BCUT2D eigenvalue weighted by molar-refractivity contribution is 6.06. The van der Waals surface area contributed by atoms with E-state index in [9.17, 15) is 4.79 Å². The average Bonchev–Trinajstić information content (AvgIpc) is 2.45. The Morgan fingerprint density at radius 2 is 1.84 bits per heavy atom. The summed E-state index contributed by atoms with van der Waals surface area (Å²) in [5.41, 5.74) is 2.77. The zero-order valence-corrected chi connectivity index (χ0v) is 11.1. The molecule has 0 radical (unpaired) electrons. The molecule has 0 saturated heterocycles. The number of methoxy groups -OCH3 is 1. The van der Waals surface area contributed by atoms with Crippen LogP contribution in [0.5, 0.6) is 5.75 Å². The third kappa shape index (κ3) is 3.55. The molecule has 0 aromatic heterocycles. The van der Waals surface area contributed by atoms with Gasteiger partial charge in [0.2, 0.25) is 0 Å². The van der Waals surface area contributed by atoms with Gasteiger partial charge >= 0.3 is 0 Å². The Morgan fingerprint density at radius 3 is 2.47 bits per heavy atom. The molecule has 19 heavy (non-hydrogen) atoms. The van der Waals surface area contributed by atoms with Crippen molar-refractivity contribution in [2.45, 2.75) is 6.92 Å². The Balaban J connectivity index is 2.11. The predicted molar refractivity (Wildman–Crippen MR) is 77.5 cm³/mol. The molecule has 2 heteroatoms. The zero-order chi connectivity index (χ0) is 13.7. The fraction of sp³-hybridized carbons (Fsp3) is 0.118. The molecule has 0 aliphatic heterocycles. The van der Waals surface area contributed by atoms with Crippen molar-refractivity contribution in [2.75, 3.05) is 7.11 Å². The monoisotopic (exact) mass is 252 g/mol. The fourth-order valence-electron chi connectivity index (χ4n) is 1.78. The lowest BCUT2D eigenvalue weighted by Crippen LogP contribution is -1.94. The van der Waals surface area contributed by atoms with Gasteiger partial charge in [-0.25, -0.2) is 0 Å². The summed E-state index contributed by atoms with van der Waals surface area (Å²) in [4.78, 5) is 12.0. The Hall–Kier alpha value is -2.35. The number of aryl methyl sites for hydroxylation is 1. The number of carbonyl (C=O) groups excluding carboxylic acids is 1. The van der Waals surface area contributed by atoms with Crippen LogP contribution in [0.2, 0.25) is 0 Å². The van der Waals surface area contributed by atoms with Crippen molar-refractivity contribution in [3.63, 3.8) is 0 Å². The number of benzene rings is 2. The van der Waals surface area contributed by atoms with Gasteiger partial charge in [-0.05, 0) is 36.8 Å². The second kappa shape index (κ2) is 6.01. The molecule has 0 fully saturated rings. The second-order valence-corrected chi connectivity index (χ2v) is 4.34. The minimum Gasteiger partial charge on any atom is -0.497 e. The lowest BCUT2D eigenvalue weighted by Gasteiger charge is -1.99. The highest BCUT2D eigenvalue weighted by Crippen LogP contribution is 2.13. The van der Waals surface area contributed by atoms with Crippen LogP contribution in [-0.2, 0) is 0 Å². The summed E-state index contributed by atoms with van der Waals surface area (Å²) in [5, 5.41) is 0. The Labute approximate surface area is 113 Å². The molecule has 0 saturated carbocycles. The smallest absolute Gasteiger partial charge is 0.185 e. The van der Waals surface area contributed by atoms with Crippen LogP contribution in [0.25, 0.3) is 6.08 Å². The molecule has 2 rings (SSSR count). The van der Waals surface area contributed by atoms with Crippen molar-refractivity contribution in [1.29, 1.82) is 0 Å². The first-order valence-corrected chi connectivity index (χ1v) is 6.12. The van der Waals surface area contributed by atoms with E-state index in [0.717, 1.165) is 16.9 Å². The lowest BCUT2D eigenvalue weighted by atomic mass is 10.1. The van der Waals surface area contributed by atoms with Gasteiger partial charge < -0.3 is 4.74 Å². The van der Waals surface area contributed by atoms with Gasteiger partial charge in [-0.3, -0.25) is 4.79 Å². The quantitative estimate of drug-likeness (QED) is 0.609. The first kappa shape index (κ1) is 13.1. The largest absolute Gasteiger partial charge is 0.497 e. The standard InChI is InChI=1S/C17H16O2/c1-13-4-3-5-15(12-13)17(18)11-8-14-6-9-16(19-2)10-7-14/h3-12H,1-2H3/b11-8+. The maximum atomic E-state index is 12.0. The normalized spacial score (nSPS) is 10.6. The number of hydrogen-bond acceptors (Lipinski definition) is 2. The summed E-state index contributed by atoms with van der Waals surface area (Å²) in [5.74, 6) is 0.821. The van der Waals surface area contributed by atoms with E-state index in [1.54, 1.807) is 13.2 Å². The van der Waals surface area contributed by atoms with E-state index >= 15 is 0 Å². The van der Waals surface area contributed by atoms with E-state index in [2.05, 4.69) is 0 Å². The predicted octanol–water partition coefficient (Wildman–Crippen LogP) is 3.90. The van der Waals surface area contributed by atoms with Gasteiger partial charge in [0.25, 0.3) is 0 Å². The van der Waals surface area contributed by atoms with Gasteiger partial charge in [0, 0.05) is 5.56 Å². The molecule has 0 bridgehead atoms. The molecule has 2 nitrogen and oxygen atoms in total. The minimum atomic E-state index is 0.0134. The van der Waals surface area contributed by atoms with Crippen LogP contribution in [0.1, 0.15) is 21.5 Å². The summed E-state index contributed by atoms with van der Waals surface area (Å²) in [6.45, 7) is 1.98. The third-order valence-electron chi connectivity index (χ3n) is 2.85. The highest BCUT2D eigenvalue weighted by Gasteiger charge is 2.01. The van der Waals surface area contributed by atoms with Crippen molar-refractivity contribution in [1.82, 2.24) is 0 Å². The molecule has 0 amide bonds. The SMILES string of the molecule is COc1ccc(/C=C/C(=O)c2cccc(C)c2)cc1. The average molecular weight is 252 g/mol. The maximum Gasteiger partial charge on any atom is 0.185 e. The summed E-state index contributed by atoms with van der Waals surface area (Å²) in [6.07, 6.45) is 3.40. The van der Waals surface area contributed by atoms with Gasteiger partial charge in [0.1, 0.15) is 5.75 Å². The zero-order valence-electron chi connectivity index (χ0n) is 11.1. The Bertz CT molecular complexity index is 595. The van der Waals surface area contributed by atoms with Crippen molar-refractivity contribution in [2.24, 2.45) is 0 Å². The molecule has 0 heterocycles. The lowest BCUT2D eigenvalue weighted by molar-refractivity contribution is 0.104. The van der Waals surface area contributed by atoms with E-state index in [1.807, 2.05) is 61.5 Å². The number of hydrogen-bond donors (Lipinski definition) is 0. The van der Waals surface area contributed by atoms with Crippen molar-refractivity contribution in [3.05, 3.63) is 71.3 Å². The van der Waals surface area contributed by atoms with Gasteiger partial charge in [-0.1, -0.05) is 42.0 Å². The van der Waals surface area contributed by atoms with Gasteiger partial charge in [0.15, 0.2) is 5.78 Å². The summed E-state index contributed by atoms with van der Waals surface area (Å²) < 4.78 is 5.09. The first-order valence-electron chi connectivity index (χ1n) is 6.12. The van der Waals surface area contributed by atoms with Gasteiger partial charge in [0.05, 0.1) is 7.11 Å². The van der Waals surface area contributed by atoms with Crippen LogP contribution in [0.4, 0.5) is 0 Å². The molecule has 2 aromatic carbocycles. The molecular formula is C17H16O2. The van der Waals surface area contributed by atoms with Crippen LogP contribution >= 0.6 is 0 Å². The molecule has 0 unspecified atom stereocenters. The van der Waals surface area contributed by atoms with Gasteiger partial charge in [-0.15, -0.1) is 0 Å². The van der Waals surface area contributed by atoms with Crippen LogP contribution in [0, 0.1) is 6.92 Å². The maximum absolute atomic E-state index is 12.0.